The number of hydrogen-bond acceptors (Lipinski definition) is 2. The summed E-state index contributed by atoms with van der Waals surface area (Å²) in [5, 5.41) is 3.50. The molecule has 2 heterocycles. The van der Waals surface area contributed by atoms with E-state index in [1.807, 2.05) is 0 Å². The zero-order chi connectivity index (χ0) is 9.47. The van der Waals surface area contributed by atoms with Gasteiger partial charge in [0.2, 0.25) is 0 Å². The summed E-state index contributed by atoms with van der Waals surface area (Å²) >= 11 is 0. The molecule has 0 radical (unpaired) electrons. The fourth-order valence-electron chi connectivity index (χ4n) is 2.62. The highest BCUT2D eigenvalue weighted by molar-refractivity contribution is 4.92. The molecule has 0 aromatic carbocycles. The van der Waals surface area contributed by atoms with Gasteiger partial charge in [0.15, 0.2) is 0 Å². The lowest BCUT2D eigenvalue weighted by molar-refractivity contribution is 0.165. The molecule has 2 saturated heterocycles. The van der Waals surface area contributed by atoms with Crippen LogP contribution in [0.25, 0.3) is 0 Å². The van der Waals surface area contributed by atoms with Gasteiger partial charge in [0.05, 0.1) is 0 Å². The van der Waals surface area contributed by atoms with E-state index in [1.165, 1.54) is 32.6 Å². The summed E-state index contributed by atoms with van der Waals surface area (Å²) in [7, 11) is 0. The summed E-state index contributed by atoms with van der Waals surface area (Å²) in [4.78, 5) is 2.65. The molecule has 2 nitrogen and oxygen atoms in total. The van der Waals surface area contributed by atoms with Gasteiger partial charge in [0.25, 0.3) is 0 Å². The summed E-state index contributed by atoms with van der Waals surface area (Å²) in [6, 6.07) is 0. The van der Waals surface area contributed by atoms with Crippen molar-refractivity contribution < 1.29 is 0 Å². The summed E-state index contributed by atoms with van der Waals surface area (Å²) in [5.74, 6) is 1.90. The number of nitrogens with zero attached hydrogens (tertiary/aromatic N) is 1. The third-order valence-corrected chi connectivity index (χ3v) is 3.62. The Morgan fingerprint density at radius 3 is 2.46 bits per heavy atom. The van der Waals surface area contributed by atoms with Crippen LogP contribution in [0, 0.1) is 11.8 Å². The van der Waals surface area contributed by atoms with E-state index in [-0.39, 0.29) is 0 Å². The van der Waals surface area contributed by atoms with Gasteiger partial charge < -0.3 is 5.32 Å². The first-order valence-electron chi connectivity index (χ1n) is 5.53. The maximum atomic E-state index is 3.50. The Morgan fingerprint density at radius 2 is 1.85 bits per heavy atom. The molecule has 1 N–H and O–H groups in total. The Bertz CT molecular complexity index is 169. The first-order valence-corrected chi connectivity index (χ1v) is 5.53. The average molecular weight is 182 g/mol. The van der Waals surface area contributed by atoms with E-state index in [4.69, 9.17) is 0 Å². The van der Waals surface area contributed by atoms with Gasteiger partial charge >= 0.3 is 0 Å². The minimum Gasteiger partial charge on any atom is -0.316 e. The van der Waals surface area contributed by atoms with Gasteiger partial charge in [-0.3, -0.25) is 4.90 Å². The normalized spacial score (nSPS) is 36.2. The molecular weight excluding hydrogens is 160 g/mol. The van der Waals surface area contributed by atoms with Crippen molar-refractivity contribution in [3.05, 3.63) is 0 Å². The van der Waals surface area contributed by atoms with Crippen LogP contribution in [0.3, 0.4) is 0 Å². The van der Waals surface area contributed by atoms with Crippen molar-refractivity contribution in [2.75, 3.05) is 26.2 Å². The number of hydrogen-bond donors (Lipinski definition) is 1. The van der Waals surface area contributed by atoms with Crippen LogP contribution in [0.15, 0.2) is 0 Å². The molecule has 0 amide bonds. The van der Waals surface area contributed by atoms with E-state index in [0.717, 1.165) is 11.8 Å². The molecule has 2 fully saturated rings. The van der Waals surface area contributed by atoms with Gasteiger partial charge in [-0.25, -0.2) is 0 Å². The molecular formula is C11H22N2. The molecule has 0 saturated carbocycles. The van der Waals surface area contributed by atoms with Crippen LogP contribution in [0.2, 0.25) is 0 Å². The van der Waals surface area contributed by atoms with Crippen LogP contribution >= 0.6 is 0 Å². The zero-order valence-electron chi connectivity index (χ0n) is 9.14. The Kier molecular flexibility index (Phi) is 2.37. The predicted octanol–water partition coefficient (Wildman–Crippen LogP) is 1.33. The number of likely N-dealkylation sites (tertiary alicyclic amines) is 1. The van der Waals surface area contributed by atoms with Crippen molar-refractivity contribution >= 4 is 0 Å². The minimum atomic E-state index is 0.372. The molecule has 2 atom stereocenters. The van der Waals surface area contributed by atoms with Gasteiger partial charge in [-0.05, 0) is 52.1 Å². The van der Waals surface area contributed by atoms with Crippen molar-refractivity contribution in [1.82, 2.24) is 10.2 Å². The first kappa shape index (κ1) is 9.47. The summed E-state index contributed by atoms with van der Waals surface area (Å²) in [6.07, 6.45) is 1.39. The maximum Gasteiger partial charge on any atom is 0.0125 e. The van der Waals surface area contributed by atoms with Gasteiger partial charge in [0.1, 0.15) is 0 Å². The Hall–Kier alpha value is -0.0800. The van der Waals surface area contributed by atoms with E-state index in [2.05, 4.69) is 31.0 Å². The van der Waals surface area contributed by atoms with E-state index in [0.29, 0.717) is 5.54 Å². The molecule has 0 aromatic heterocycles. The van der Waals surface area contributed by atoms with Crippen molar-refractivity contribution in [1.29, 1.82) is 0 Å². The van der Waals surface area contributed by atoms with Crippen LogP contribution in [-0.4, -0.2) is 36.6 Å². The fraction of sp³-hybridized carbons (Fsp3) is 1.00. The Labute approximate surface area is 81.7 Å². The third-order valence-electron chi connectivity index (χ3n) is 3.62. The first-order chi connectivity index (χ1) is 6.07. The number of nitrogens with one attached hydrogen (secondary N) is 1. The van der Waals surface area contributed by atoms with Gasteiger partial charge in [-0.1, -0.05) is 0 Å². The smallest absolute Gasteiger partial charge is 0.0125 e. The molecule has 0 spiro atoms. The predicted molar refractivity (Wildman–Crippen MR) is 55.8 cm³/mol. The largest absolute Gasteiger partial charge is 0.316 e. The lowest BCUT2D eigenvalue weighted by Gasteiger charge is -2.31. The highest BCUT2D eigenvalue weighted by Gasteiger charge is 2.38. The van der Waals surface area contributed by atoms with Gasteiger partial charge in [-0.15, -0.1) is 0 Å². The maximum absolute atomic E-state index is 3.50. The average Bonchev–Trinajstić information content (AvgIpc) is 2.45. The van der Waals surface area contributed by atoms with Crippen LogP contribution in [0.1, 0.15) is 27.2 Å². The lowest BCUT2D eigenvalue weighted by atomic mass is 9.90. The Balaban J connectivity index is 1.99. The zero-order valence-corrected chi connectivity index (χ0v) is 9.14. The van der Waals surface area contributed by atoms with Crippen molar-refractivity contribution in [2.24, 2.45) is 11.8 Å². The quantitative estimate of drug-likeness (QED) is 0.608. The van der Waals surface area contributed by atoms with Crippen LogP contribution in [0.5, 0.6) is 0 Å². The lowest BCUT2D eigenvalue weighted by Crippen LogP contribution is -2.40. The Morgan fingerprint density at radius 1 is 1.15 bits per heavy atom. The number of piperidine rings is 1. The van der Waals surface area contributed by atoms with E-state index < -0.39 is 0 Å². The molecule has 2 aliphatic heterocycles. The second kappa shape index (κ2) is 3.25. The molecule has 2 heteroatoms. The summed E-state index contributed by atoms with van der Waals surface area (Å²) in [6.45, 7) is 12.1. The van der Waals surface area contributed by atoms with E-state index in [9.17, 15) is 0 Å². The highest BCUT2D eigenvalue weighted by Crippen LogP contribution is 2.32. The number of fused-ring (bicyclic) bond motifs is 1. The van der Waals surface area contributed by atoms with Crippen LogP contribution in [0.4, 0.5) is 0 Å². The van der Waals surface area contributed by atoms with Crippen LogP contribution in [-0.2, 0) is 0 Å². The second-order valence-electron chi connectivity index (χ2n) is 5.59. The third kappa shape index (κ3) is 1.89. The van der Waals surface area contributed by atoms with Crippen molar-refractivity contribution in [3.8, 4) is 0 Å². The monoisotopic (exact) mass is 182 g/mol. The van der Waals surface area contributed by atoms with Gasteiger partial charge in [0, 0.05) is 18.6 Å². The van der Waals surface area contributed by atoms with Crippen LogP contribution < -0.4 is 5.32 Å². The van der Waals surface area contributed by atoms with Gasteiger partial charge in [-0.2, -0.15) is 0 Å². The molecule has 13 heavy (non-hydrogen) atoms. The molecule has 0 unspecified atom stereocenters. The van der Waals surface area contributed by atoms with E-state index in [1.54, 1.807) is 0 Å². The molecule has 76 valence electrons. The fourth-order valence-corrected chi connectivity index (χ4v) is 2.62. The molecule has 2 aliphatic rings. The second-order valence-corrected chi connectivity index (χ2v) is 5.59. The molecule has 0 bridgehead atoms. The summed E-state index contributed by atoms with van der Waals surface area (Å²) < 4.78 is 0. The standard InChI is InChI=1S/C11H22N2/c1-11(2,3)13-7-9-4-5-12-6-10(9)8-13/h9-10,12H,4-8H2,1-3H3/t9-,10+/m1/s1. The van der Waals surface area contributed by atoms with Crippen molar-refractivity contribution in [2.45, 2.75) is 32.7 Å². The molecule has 2 rings (SSSR count). The SMILES string of the molecule is CC(C)(C)N1C[C@H]2CCNC[C@H]2C1. The topological polar surface area (TPSA) is 15.3 Å². The number of rotatable bonds is 0. The molecule has 0 aliphatic carbocycles. The summed E-state index contributed by atoms with van der Waals surface area (Å²) in [5.41, 5.74) is 0.372. The van der Waals surface area contributed by atoms with Crippen molar-refractivity contribution in [3.63, 3.8) is 0 Å². The minimum absolute atomic E-state index is 0.372. The highest BCUT2D eigenvalue weighted by atomic mass is 15.2. The van der Waals surface area contributed by atoms with E-state index >= 15 is 0 Å². The molecule has 0 aromatic rings.